The molecular weight excluding hydrogens is 500 g/mol. The van der Waals surface area contributed by atoms with Crippen LogP contribution in [0.25, 0.3) is 0 Å². The number of hydrogen-bond donors (Lipinski definition) is 2. The number of carboxylic acids is 1. The Kier molecular flexibility index (Phi) is 9.21. The predicted octanol–water partition coefficient (Wildman–Crippen LogP) is 4.47. The summed E-state index contributed by atoms with van der Waals surface area (Å²) in [6.07, 6.45) is 0. The summed E-state index contributed by atoms with van der Waals surface area (Å²) < 4.78 is 5.10. The molecule has 8 nitrogen and oxygen atoms in total. The number of benzene rings is 3. The molecule has 1 aliphatic rings. The first-order valence-corrected chi connectivity index (χ1v) is 13.0. The van der Waals surface area contributed by atoms with Gasteiger partial charge < -0.3 is 25.3 Å². The van der Waals surface area contributed by atoms with E-state index in [1.165, 1.54) is 0 Å². The lowest BCUT2D eigenvalue weighted by Crippen LogP contribution is -2.32. The second-order valence-corrected chi connectivity index (χ2v) is 9.49. The van der Waals surface area contributed by atoms with Crippen LogP contribution >= 0.6 is 11.3 Å². The fraction of sp³-hybridized carbons (Fsp3) is 0.207. The number of carboxylic acid groups (broad SMARTS) is 1. The van der Waals surface area contributed by atoms with E-state index in [1.54, 1.807) is 5.38 Å². The van der Waals surface area contributed by atoms with Gasteiger partial charge in [0.05, 0.1) is 13.2 Å². The Hall–Kier alpha value is -4.05. The number of carbonyl (C=O) groups is 1. The highest BCUT2D eigenvalue weighted by atomic mass is 32.1. The van der Waals surface area contributed by atoms with E-state index in [-0.39, 0.29) is 16.5 Å². The average Bonchev–Trinajstić information content (AvgIpc) is 3.39. The first kappa shape index (κ1) is 27.0. The van der Waals surface area contributed by atoms with Crippen LogP contribution in [-0.2, 0) is 20.0 Å². The minimum absolute atomic E-state index is 0.151. The predicted molar refractivity (Wildman–Crippen MR) is 149 cm³/mol. The highest BCUT2D eigenvalue weighted by molar-refractivity contribution is 7.13. The number of oxime groups is 1. The molecule has 3 aromatic carbocycles. The topological polar surface area (TPSA) is 110 Å². The summed E-state index contributed by atoms with van der Waals surface area (Å²) in [6.45, 7) is 4.02. The van der Waals surface area contributed by atoms with Gasteiger partial charge in [-0.1, -0.05) is 96.2 Å². The van der Waals surface area contributed by atoms with Crippen molar-refractivity contribution in [1.29, 1.82) is 0 Å². The van der Waals surface area contributed by atoms with E-state index in [0.717, 1.165) is 54.3 Å². The molecule has 1 fully saturated rings. The van der Waals surface area contributed by atoms with Crippen molar-refractivity contribution in [3.8, 4) is 0 Å². The third kappa shape index (κ3) is 6.44. The number of likely N-dealkylation sites (N-methyl/N-ethyl adjacent to an activating group) is 1. The Morgan fingerprint density at radius 2 is 1.42 bits per heavy atom. The molecule has 1 saturated heterocycles. The van der Waals surface area contributed by atoms with Crippen molar-refractivity contribution in [2.24, 2.45) is 5.16 Å². The van der Waals surface area contributed by atoms with Crippen LogP contribution in [0, 0.1) is 0 Å². The number of anilines is 1. The molecule has 0 saturated carbocycles. The number of aliphatic carboxylic acids is 1. The minimum atomic E-state index is -1.26. The van der Waals surface area contributed by atoms with Crippen LogP contribution in [0.4, 0.5) is 5.13 Å². The fourth-order valence-electron chi connectivity index (χ4n) is 4.04. The molecule has 0 atom stereocenters. The van der Waals surface area contributed by atoms with Crippen LogP contribution in [0.1, 0.15) is 22.4 Å². The van der Waals surface area contributed by atoms with Gasteiger partial charge in [0.1, 0.15) is 5.69 Å². The van der Waals surface area contributed by atoms with Crippen molar-refractivity contribution in [2.75, 3.05) is 39.1 Å². The van der Waals surface area contributed by atoms with Crippen LogP contribution in [0.15, 0.2) is 102 Å². The van der Waals surface area contributed by atoms with Crippen LogP contribution in [0.2, 0.25) is 0 Å². The summed E-state index contributed by atoms with van der Waals surface area (Å²) in [6, 6.07) is 28.7. The van der Waals surface area contributed by atoms with Gasteiger partial charge in [0.25, 0.3) is 0 Å². The van der Waals surface area contributed by atoms with Gasteiger partial charge in [-0.05, 0) is 7.05 Å². The standard InChI is InChI=1S/C24H19N3O3S.C5H11NO/c25-23-26-20(16-31-23)21(22(28)29)27-30-24(17-10-4-1-5-11-17,18-12-6-2-7-13-18)19-14-8-3-9-15-19;1-6-2-4-7-5-3-6/h1-16H,(H2,25,26)(H,28,29);2-5H2,1H3. The van der Waals surface area contributed by atoms with Gasteiger partial charge in [0.2, 0.25) is 11.3 Å². The third-order valence-electron chi connectivity index (χ3n) is 6.02. The summed E-state index contributed by atoms with van der Waals surface area (Å²) in [5.41, 5.74) is 6.76. The highest BCUT2D eigenvalue weighted by Gasteiger charge is 2.40. The molecule has 0 amide bonds. The SMILES string of the molecule is CN1CCOCC1.Nc1nc(C(=NOC(c2ccccc2)(c2ccccc2)c2ccccc2)C(=O)O)cs1. The largest absolute Gasteiger partial charge is 0.476 e. The van der Waals surface area contributed by atoms with E-state index in [9.17, 15) is 9.90 Å². The first-order chi connectivity index (χ1) is 18.5. The Balaban J connectivity index is 0.000000417. The lowest BCUT2D eigenvalue weighted by atomic mass is 9.80. The maximum atomic E-state index is 11.9. The van der Waals surface area contributed by atoms with Crippen LogP contribution in [0.5, 0.6) is 0 Å². The lowest BCUT2D eigenvalue weighted by Gasteiger charge is -2.33. The van der Waals surface area contributed by atoms with Crippen molar-refractivity contribution in [1.82, 2.24) is 9.88 Å². The van der Waals surface area contributed by atoms with Gasteiger partial charge in [-0.25, -0.2) is 9.78 Å². The highest BCUT2D eigenvalue weighted by Crippen LogP contribution is 2.40. The summed E-state index contributed by atoms with van der Waals surface area (Å²) in [7, 11) is 2.11. The number of thiazole rings is 1. The van der Waals surface area contributed by atoms with E-state index < -0.39 is 11.6 Å². The molecule has 0 radical (unpaired) electrons. The van der Waals surface area contributed by atoms with Crippen molar-refractivity contribution < 1.29 is 19.5 Å². The molecular formula is C29H30N4O4S. The van der Waals surface area contributed by atoms with E-state index in [2.05, 4.69) is 22.1 Å². The molecule has 2 heterocycles. The van der Waals surface area contributed by atoms with Crippen LogP contribution in [0.3, 0.4) is 0 Å². The molecule has 0 spiro atoms. The molecule has 1 aliphatic heterocycles. The zero-order chi connectivity index (χ0) is 26.8. The smallest absolute Gasteiger partial charge is 0.360 e. The Morgan fingerprint density at radius 3 is 1.76 bits per heavy atom. The molecule has 0 bridgehead atoms. The molecule has 0 aliphatic carbocycles. The lowest BCUT2D eigenvalue weighted by molar-refractivity contribution is -0.129. The number of rotatable bonds is 7. The van der Waals surface area contributed by atoms with Gasteiger partial charge >= 0.3 is 5.97 Å². The number of morpholine rings is 1. The Labute approximate surface area is 226 Å². The Morgan fingerprint density at radius 1 is 0.947 bits per heavy atom. The summed E-state index contributed by atoms with van der Waals surface area (Å²) in [5.74, 6) is -1.26. The molecule has 1 aromatic heterocycles. The third-order valence-corrected chi connectivity index (χ3v) is 6.69. The number of aromatic nitrogens is 1. The second-order valence-electron chi connectivity index (χ2n) is 8.60. The first-order valence-electron chi connectivity index (χ1n) is 12.1. The number of nitrogen functional groups attached to an aromatic ring is 1. The molecule has 4 aromatic rings. The number of ether oxygens (including phenoxy) is 1. The second kappa shape index (κ2) is 13.0. The minimum Gasteiger partial charge on any atom is -0.476 e. The number of nitrogens with zero attached hydrogens (tertiary/aromatic N) is 3. The maximum absolute atomic E-state index is 11.9. The summed E-state index contributed by atoms with van der Waals surface area (Å²) in [4.78, 5) is 24.5. The van der Waals surface area contributed by atoms with Gasteiger partial charge in [-0.2, -0.15) is 0 Å². The van der Waals surface area contributed by atoms with Crippen molar-refractivity contribution in [2.45, 2.75) is 5.60 Å². The van der Waals surface area contributed by atoms with Crippen LogP contribution in [-0.4, -0.2) is 60.0 Å². The average molecular weight is 531 g/mol. The number of nitrogens with two attached hydrogens (primary N) is 1. The van der Waals surface area contributed by atoms with Crippen LogP contribution < -0.4 is 5.73 Å². The zero-order valence-electron chi connectivity index (χ0n) is 21.1. The molecule has 0 unspecified atom stereocenters. The van der Waals surface area contributed by atoms with E-state index >= 15 is 0 Å². The van der Waals surface area contributed by atoms with Crippen molar-refractivity contribution >= 4 is 28.1 Å². The van der Waals surface area contributed by atoms with Crippen molar-refractivity contribution in [3.05, 3.63) is 119 Å². The zero-order valence-corrected chi connectivity index (χ0v) is 21.9. The van der Waals surface area contributed by atoms with Gasteiger partial charge in [0.15, 0.2) is 5.13 Å². The fourth-order valence-corrected chi connectivity index (χ4v) is 4.58. The summed E-state index contributed by atoms with van der Waals surface area (Å²) >= 11 is 1.14. The van der Waals surface area contributed by atoms with Gasteiger partial charge in [-0.15, -0.1) is 11.3 Å². The van der Waals surface area contributed by atoms with E-state index in [0.29, 0.717) is 0 Å². The molecule has 3 N–H and O–H groups in total. The van der Waals surface area contributed by atoms with Gasteiger partial charge in [0, 0.05) is 35.2 Å². The molecule has 9 heteroatoms. The monoisotopic (exact) mass is 530 g/mol. The number of hydrogen-bond acceptors (Lipinski definition) is 8. The van der Waals surface area contributed by atoms with E-state index in [1.807, 2.05) is 91.0 Å². The normalized spacial score (nSPS) is 14.3. The van der Waals surface area contributed by atoms with E-state index in [4.69, 9.17) is 15.3 Å². The summed E-state index contributed by atoms with van der Waals surface area (Å²) in [5, 5.41) is 15.7. The maximum Gasteiger partial charge on any atom is 0.360 e. The quantitative estimate of drug-likeness (QED) is 0.206. The molecule has 196 valence electrons. The Bertz CT molecular complexity index is 1230. The van der Waals surface area contributed by atoms with Crippen molar-refractivity contribution in [3.63, 3.8) is 0 Å². The van der Waals surface area contributed by atoms with Gasteiger partial charge in [-0.3, -0.25) is 0 Å². The molecule has 5 rings (SSSR count). The molecule has 38 heavy (non-hydrogen) atoms.